The van der Waals surface area contributed by atoms with Gasteiger partial charge in [-0.3, -0.25) is 0 Å². The van der Waals surface area contributed by atoms with Crippen molar-refractivity contribution in [2.75, 3.05) is 19.8 Å². The molecule has 1 atom stereocenters. The number of halogens is 1. The van der Waals surface area contributed by atoms with Crippen molar-refractivity contribution in [2.45, 2.75) is 26.3 Å². The second-order valence-corrected chi connectivity index (χ2v) is 3.87. The molecule has 0 unspecified atom stereocenters. The predicted octanol–water partition coefficient (Wildman–Crippen LogP) is 2.65. The SMILES string of the molecule is CCOCCCOc1cc(F)ccc1[C@@H](C)N. The smallest absolute Gasteiger partial charge is 0.126 e. The van der Waals surface area contributed by atoms with Crippen molar-refractivity contribution in [3.8, 4) is 5.75 Å². The van der Waals surface area contributed by atoms with E-state index in [9.17, 15) is 4.39 Å². The molecule has 0 aromatic heterocycles. The fourth-order valence-corrected chi connectivity index (χ4v) is 1.50. The Morgan fingerprint density at radius 2 is 2.12 bits per heavy atom. The third-order valence-electron chi connectivity index (χ3n) is 2.36. The van der Waals surface area contributed by atoms with Crippen LogP contribution < -0.4 is 10.5 Å². The molecule has 1 rings (SSSR count). The molecule has 0 aliphatic rings. The summed E-state index contributed by atoms with van der Waals surface area (Å²) in [6.45, 7) is 5.65. The van der Waals surface area contributed by atoms with Crippen LogP contribution in [0.15, 0.2) is 18.2 Å². The third-order valence-corrected chi connectivity index (χ3v) is 2.36. The van der Waals surface area contributed by atoms with Gasteiger partial charge < -0.3 is 15.2 Å². The van der Waals surface area contributed by atoms with Crippen LogP contribution in [-0.2, 0) is 4.74 Å². The first-order valence-electron chi connectivity index (χ1n) is 5.90. The number of rotatable bonds is 7. The molecule has 0 amide bonds. The van der Waals surface area contributed by atoms with Crippen molar-refractivity contribution >= 4 is 0 Å². The van der Waals surface area contributed by atoms with Crippen molar-refractivity contribution in [1.29, 1.82) is 0 Å². The molecular weight excluding hydrogens is 221 g/mol. The van der Waals surface area contributed by atoms with E-state index in [-0.39, 0.29) is 11.9 Å². The fraction of sp³-hybridized carbons (Fsp3) is 0.538. The summed E-state index contributed by atoms with van der Waals surface area (Å²) in [4.78, 5) is 0. The molecule has 0 saturated heterocycles. The third kappa shape index (κ3) is 4.71. The molecule has 0 radical (unpaired) electrons. The van der Waals surface area contributed by atoms with Gasteiger partial charge in [0.05, 0.1) is 6.61 Å². The van der Waals surface area contributed by atoms with Crippen LogP contribution in [0.5, 0.6) is 5.75 Å². The number of hydrogen-bond acceptors (Lipinski definition) is 3. The van der Waals surface area contributed by atoms with E-state index in [4.69, 9.17) is 15.2 Å². The maximum absolute atomic E-state index is 13.1. The summed E-state index contributed by atoms with van der Waals surface area (Å²) in [5.74, 6) is 0.214. The van der Waals surface area contributed by atoms with E-state index in [1.807, 2.05) is 13.8 Å². The van der Waals surface area contributed by atoms with Gasteiger partial charge >= 0.3 is 0 Å². The minimum absolute atomic E-state index is 0.169. The van der Waals surface area contributed by atoms with Gasteiger partial charge in [-0.15, -0.1) is 0 Å². The molecule has 1 aromatic rings. The highest BCUT2D eigenvalue weighted by Gasteiger charge is 2.09. The molecule has 1 aromatic carbocycles. The molecule has 96 valence electrons. The van der Waals surface area contributed by atoms with Gasteiger partial charge in [0.1, 0.15) is 11.6 Å². The lowest BCUT2D eigenvalue weighted by Gasteiger charge is -2.14. The summed E-state index contributed by atoms with van der Waals surface area (Å²) in [5.41, 5.74) is 6.61. The van der Waals surface area contributed by atoms with Gasteiger partial charge in [0, 0.05) is 37.3 Å². The van der Waals surface area contributed by atoms with Gasteiger partial charge in [-0.1, -0.05) is 6.07 Å². The number of ether oxygens (including phenoxy) is 2. The molecule has 0 fully saturated rings. The number of nitrogens with two attached hydrogens (primary N) is 1. The van der Waals surface area contributed by atoms with Crippen LogP contribution in [-0.4, -0.2) is 19.8 Å². The normalized spacial score (nSPS) is 12.5. The fourth-order valence-electron chi connectivity index (χ4n) is 1.50. The quantitative estimate of drug-likeness (QED) is 0.746. The van der Waals surface area contributed by atoms with Crippen LogP contribution in [0.1, 0.15) is 31.9 Å². The summed E-state index contributed by atoms with van der Waals surface area (Å²) in [7, 11) is 0. The minimum Gasteiger partial charge on any atom is -0.493 e. The average molecular weight is 241 g/mol. The second-order valence-electron chi connectivity index (χ2n) is 3.87. The zero-order valence-electron chi connectivity index (χ0n) is 10.4. The Kier molecular flexibility index (Phi) is 5.94. The van der Waals surface area contributed by atoms with Crippen molar-refractivity contribution < 1.29 is 13.9 Å². The minimum atomic E-state index is -0.311. The molecule has 3 nitrogen and oxygen atoms in total. The molecule has 0 bridgehead atoms. The molecule has 0 heterocycles. The predicted molar refractivity (Wildman–Crippen MR) is 65.6 cm³/mol. The summed E-state index contributed by atoms with van der Waals surface area (Å²) >= 11 is 0. The van der Waals surface area contributed by atoms with Gasteiger partial charge in [0.2, 0.25) is 0 Å². The lowest BCUT2D eigenvalue weighted by Crippen LogP contribution is -2.10. The Labute approximate surface area is 102 Å². The zero-order chi connectivity index (χ0) is 12.7. The van der Waals surface area contributed by atoms with Crippen LogP contribution in [0.25, 0.3) is 0 Å². The van der Waals surface area contributed by atoms with Crippen LogP contribution in [0.3, 0.4) is 0 Å². The van der Waals surface area contributed by atoms with E-state index in [0.29, 0.717) is 25.6 Å². The van der Waals surface area contributed by atoms with Crippen molar-refractivity contribution in [3.63, 3.8) is 0 Å². The largest absolute Gasteiger partial charge is 0.493 e. The highest BCUT2D eigenvalue weighted by atomic mass is 19.1. The van der Waals surface area contributed by atoms with Crippen molar-refractivity contribution in [1.82, 2.24) is 0 Å². The van der Waals surface area contributed by atoms with E-state index < -0.39 is 0 Å². The molecule has 0 saturated carbocycles. The summed E-state index contributed by atoms with van der Waals surface area (Å²) in [5, 5.41) is 0. The number of hydrogen-bond donors (Lipinski definition) is 1. The van der Waals surface area contributed by atoms with E-state index in [2.05, 4.69) is 0 Å². The molecule has 17 heavy (non-hydrogen) atoms. The first-order chi connectivity index (χ1) is 8.15. The lowest BCUT2D eigenvalue weighted by atomic mass is 10.1. The van der Waals surface area contributed by atoms with Crippen LogP contribution in [0.4, 0.5) is 4.39 Å². The first kappa shape index (κ1) is 13.9. The summed E-state index contributed by atoms with van der Waals surface area (Å²) in [6, 6.07) is 4.26. The van der Waals surface area contributed by atoms with Gasteiger partial charge in [-0.25, -0.2) is 4.39 Å². The molecular formula is C13H20FNO2. The van der Waals surface area contributed by atoms with Gasteiger partial charge in [-0.2, -0.15) is 0 Å². The highest BCUT2D eigenvalue weighted by molar-refractivity contribution is 5.36. The Bertz CT molecular complexity index is 342. The van der Waals surface area contributed by atoms with Gasteiger partial charge in [0.25, 0.3) is 0 Å². The van der Waals surface area contributed by atoms with Crippen LogP contribution in [0, 0.1) is 5.82 Å². The van der Waals surface area contributed by atoms with E-state index >= 15 is 0 Å². The topological polar surface area (TPSA) is 44.5 Å². The standard InChI is InChI=1S/C13H20FNO2/c1-3-16-7-4-8-17-13-9-11(14)5-6-12(13)10(2)15/h5-6,9-10H,3-4,7-8,15H2,1-2H3/t10-/m1/s1. The molecule has 0 spiro atoms. The van der Waals surface area contributed by atoms with Gasteiger partial charge in [-0.05, 0) is 19.9 Å². The van der Waals surface area contributed by atoms with E-state index in [1.165, 1.54) is 12.1 Å². The van der Waals surface area contributed by atoms with E-state index in [0.717, 1.165) is 12.0 Å². The Balaban J connectivity index is 2.53. The molecule has 0 aliphatic heterocycles. The zero-order valence-corrected chi connectivity index (χ0v) is 10.4. The molecule has 2 N–H and O–H groups in total. The van der Waals surface area contributed by atoms with Crippen LogP contribution in [0.2, 0.25) is 0 Å². The summed E-state index contributed by atoms with van der Waals surface area (Å²) in [6.07, 6.45) is 0.781. The molecule has 0 aliphatic carbocycles. The maximum Gasteiger partial charge on any atom is 0.126 e. The maximum atomic E-state index is 13.1. The van der Waals surface area contributed by atoms with E-state index in [1.54, 1.807) is 6.07 Å². The monoisotopic (exact) mass is 241 g/mol. The second kappa shape index (κ2) is 7.25. The lowest BCUT2D eigenvalue weighted by molar-refractivity contribution is 0.130. The average Bonchev–Trinajstić information content (AvgIpc) is 2.28. The highest BCUT2D eigenvalue weighted by Crippen LogP contribution is 2.24. The molecule has 4 heteroatoms. The number of benzene rings is 1. The van der Waals surface area contributed by atoms with Crippen molar-refractivity contribution in [2.24, 2.45) is 5.73 Å². The summed E-state index contributed by atoms with van der Waals surface area (Å²) < 4.78 is 23.8. The Hall–Kier alpha value is -1.13. The Morgan fingerprint density at radius 1 is 1.35 bits per heavy atom. The van der Waals surface area contributed by atoms with Crippen LogP contribution >= 0.6 is 0 Å². The van der Waals surface area contributed by atoms with Crippen molar-refractivity contribution in [3.05, 3.63) is 29.6 Å². The first-order valence-corrected chi connectivity index (χ1v) is 5.90. The van der Waals surface area contributed by atoms with Gasteiger partial charge in [0.15, 0.2) is 0 Å². The Morgan fingerprint density at radius 3 is 2.76 bits per heavy atom.